The van der Waals surface area contributed by atoms with Gasteiger partial charge in [-0.25, -0.2) is 9.78 Å². The molecule has 1 fully saturated rings. The van der Waals surface area contributed by atoms with E-state index in [2.05, 4.69) is 15.2 Å². The number of carboxylic acids is 1. The monoisotopic (exact) mass is 269 g/mol. The summed E-state index contributed by atoms with van der Waals surface area (Å²) in [7, 11) is 2.04. The minimum Gasteiger partial charge on any atom is -0.476 e. The van der Waals surface area contributed by atoms with Gasteiger partial charge in [0.05, 0.1) is 0 Å². The zero-order valence-electron chi connectivity index (χ0n) is 10.0. The van der Waals surface area contributed by atoms with Crippen molar-refractivity contribution in [3.8, 4) is 0 Å². The van der Waals surface area contributed by atoms with Crippen LogP contribution in [-0.4, -0.2) is 53.0 Å². The quantitative estimate of drug-likeness (QED) is 0.839. The van der Waals surface area contributed by atoms with E-state index >= 15 is 0 Å². The molecule has 2 rings (SSSR count). The van der Waals surface area contributed by atoms with E-state index in [0.29, 0.717) is 12.6 Å². The van der Waals surface area contributed by atoms with Gasteiger partial charge in [-0.1, -0.05) is 0 Å². The second kappa shape index (κ2) is 5.45. The lowest BCUT2D eigenvalue weighted by Gasteiger charge is -2.19. The highest BCUT2D eigenvalue weighted by Crippen LogP contribution is 2.14. The first-order valence-electron chi connectivity index (χ1n) is 5.75. The molecule has 0 spiro atoms. The Bertz CT molecular complexity index is 460. The predicted octanol–water partition coefficient (Wildman–Crippen LogP) is 0.665. The van der Waals surface area contributed by atoms with Gasteiger partial charge in [0.1, 0.15) is 0 Å². The Morgan fingerprint density at radius 2 is 2.44 bits per heavy atom. The number of aromatic carboxylic acids is 1. The van der Waals surface area contributed by atoms with Crippen molar-refractivity contribution in [2.24, 2.45) is 0 Å². The molecular formula is C11H15N3O3S. The number of carbonyl (C=O) groups is 2. The van der Waals surface area contributed by atoms with Crippen LogP contribution in [0.2, 0.25) is 0 Å². The van der Waals surface area contributed by atoms with Crippen LogP contribution in [0.15, 0.2) is 5.38 Å². The highest BCUT2D eigenvalue weighted by molar-refractivity contribution is 7.11. The number of thiazole rings is 1. The van der Waals surface area contributed by atoms with Crippen molar-refractivity contribution in [3.63, 3.8) is 0 Å². The summed E-state index contributed by atoms with van der Waals surface area (Å²) in [6.07, 6.45) is 2.23. The maximum atomic E-state index is 11.8. The summed E-state index contributed by atoms with van der Waals surface area (Å²) in [4.78, 5) is 28.4. The number of rotatable bonds is 4. The van der Waals surface area contributed by atoms with Crippen LogP contribution in [-0.2, 0) is 0 Å². The first kappa shape index (κ1) is 13.0. The number of likely N-dealkylation sites (N-methyl/N-ethyl adjacent to an activating group) is 1. The van der Waals surface area contributed by atoms with E-state index in [1.807, 2.05) is 7.05 Å². The fourth-order valence-corrected chi connectivity index (χ4v) is 2.71. The molecule has 1 saturated heterocycles. The molecule has 0 bridgehead atoms. The summed E-state index contributed by atoms with van der Waals surface area (Å²) in [6, 6.07) is 0.368. The number of carboxylic acid groups (broad SMARTS) is 1. The molecule has 2 heterocycles. The topological polar surface area (TPSA) is 82.5 Å². The fraction of sp³-hybridized carbons (Fsp3) is 0.545. The molecule has 1 aromatic heterocycles. The lowest BCUT2D eigenvalue weighted by atomic mass is 10.2. The molecule has 1 aromatic rings. The number of aromatic nitrogens is 1. The van der Waals surface area contributed by atoms with E-state index in [4.69, 9.17) is 5.11 Å². The molecule has 1 atom stereocenters. The van der Waals surface area contributed by atoms with Crippen molar-refractivity contribution < 1.29 is 14.7 Å². The van der Waals surface area contributed by atoms with Crippen LogP contribution in [0.4, 0.5) is 0 Å². The van der Waals surface area contributed by atoms with Gasteiger partial charge in [-0.3, -0.25) is 4.79 Å². The van der Waals surface area contributed by atoms with E-state index in [0.717, 1.165) is 30.7 Å². The number of hydrogen-bond donors (Lipinski definition) is 2. The highest BCUT2D eigenvalue weighted by atomic mass is 32.1. The molecule has 18 heavy (non-hydrogen) atoms. The molecule has 0 aromatic carbocycles. The third kappa shape index (κ3) is 2.85. The van der Waals surface area contributed by atoms with E-state index < -0.39 is 5.97 Å². The van der Waals surface area contributed by atoms with Crippen LogP contribution in [0.1, 0.15) is 33.1 Å². The zero-order chi connectivity index (χ0) is 13.1. The normalized spacial score (nSPS) is 19.9. The largest absolute Gasteiger partial charge is 0.476 e. The van der Waals surface area contributed by atoms with Gasteiger partial charge in [0, 0.05) is 18.0 Å². The maximum Gasteiger partial charge on any atom is 0.355 e. The Labute approximate surface area is 109 Å². The molecule has 0 radical (unpaired) electrons. The van der Waals surface area contributed by atoms with Crippen molar-refractivity contribution in [3.05, 3.63) is 16.1 Å². The summed E-state index contributed by atoms with van der Waals surface area (Å²) in [5, 5.41) is 13.1. The number of nitrogens with zero attached hydrogens (tertiary/aromatic N) is 2. The second-order valence-electron chi connectivity index (χ2n) is 4.33. The van der Waals surface area contributed by atoms with Gasteiger partial charge in [-0.15, -0.1) is 11.3 Å². The molecular weight excluding hydrogens is 254 g/mol. The summed E-state index contributed by atoms with van der Waals surface area (Å²) in [6.45, 7) is 1.64. The third-order valence-electron chi connectivity index (χ3n) is 3.09. The number of amides is 1. The first-order chi connectivity index (χ1) is 8.58. The Kier molecular flexibility index (Phi) is 3.93. The standard InChI is InChI=1S/C11H15N3O3S/c1-14-4-2-3-7(14)5-12-9(15)10-13-8(6-18-10)11(16)17/h6-7H,2-5H2,1H3,(H,12,15)(H,16,17). The third-order valence-corrected chi connectivity index (χ3v) is 3.93. The second-order valence-corrected chi connectivity index (χ2v) is 5.19. The van der Waals surface area contributed by atoms with Gasteiger partial charge in [0.2, 0.25) is 0 Å². The van der Waals surface area contributed by atoms with Gasteiger partial charge >= 0.3 is 5.97 Å². The summed E-state index contributed by atoms with van der Waals surface area (Å²) < 4.78 is 0. The number of hydrogen-bond acceptors (Lipinski definition) is 5. The SMILES string of the molecule is CN1CCCC1CNC(=O)c1nc(C(=O)O)cs1. The number of nitrogens with one attached hydrogen (secondary N) is 1. The van der Waals surface area contributed by atoms with Crippen LogP contribution in [0.5, 0.6) is 0 Å². The van der Waals surface area contributed by atoms with Crippen LogP contribution in [0.25, 0.3) is 0 Å². The van der Waals surface area contributed by atoms with Crippen molar-refractivity contribution >= 4 is 23.2 Å². The number of likely N-dealkylation sites (tertiary alicyclic amines) is 1. The predicted molar refractivity (Wildman–Crippen MR) is 67.1 cm³/mol. The molecule has 2 N–H and O–H groups in total. The fourth-order valence-electron chi connectivity index (χ4n) is 2.00. The summed E-state index contributed by atoms with van der Waals surface area (Å²) in [5.41, 5.74) is -0.0804. The molecule has 0 saturated carbocycles. The Hall–Kier alpha value is -1.47. The number of carbonyl (C=O) groups excluding carboxylic acids is 1. The first-order valence-corrected chi connectivity index (χ1v) is 6.63. The summed E-state index contributed by atoms with van der Waals surface area (Å²) >= 11 is 1.05. The molecule has 1 amide bonds. The van der Waals surface area contributed by atoms with E-state index in [1.54, 1.807) is 0 Å². The lowest BCUT2D eigenvalue weighted by Crippen LogP contribution is -2.38. The van der Waals surface area contributed by atoms with Crippen LogP contribution in [0, 0.1) is 0 Å². The Morgan fingerprint density at radius 3 is 3.00 bits per heavy atom. The van der Waals surface area contributed by atoms with Gasteiger partial charge in [-0.05, 0) is 26.4 Å². The molecule has 0 aliphatic carbocycles. The van der Waals surface area contributed by atoms with Gasteiger partial charge in [0.15, 0.2) is 10.7 Å². The maximum absolute atomic E-state index is 11.8. The van der Waals surface area contributed by atoms with Gasteiger partial charge < -0.3 is 15.3 Å². The molecule has 6 nitrogen and oxygen atoms in total. The van der Waals surface area contributed by atoms with Crippen LogP contribution < -0.4 is 5.32 Å². The zero-order valence-corrected chi connectivity index (χ0v) is 10.9. The smallest absolute Gasteiger partial charge is 0.355 e. The average molecular weight is 269 g/mol. The minimum atomic E-state index is -1.11. The van der Waals surface area contributed by atoms with Crippen molar-refractivity contribution in [1.29, 1.82) is 0 Å². The van der Waals surface area contributed by atoms with Gasteiger partial charge in [-0.2, -0.15) is 0 Å². The molecule has 7 heteroatoms. The van der Waals surface area contributed by atoms with Crippen molar-refractivity contribution in [2.45, 2.75) is 18.9 Å². The summed E-state index contributed by atoms with van der Waals surface area (Å²) in [5.74, 6) is -1.41. The molecule has 1 unspecified atom stereocenters. The molecule has 1 aliphatic rings. The Morgan fingerprint density at radius 1 is 1.67 bits per heavy atom. The van der Waals surface area contributed by atoms with Crippen molar-refractivity contribution in [2.75, 3.05) is 20.1 Å². The minimum absolute atomic E-state index is 0.0804. The van der Waals surface area contributed by atoms with Crippen molar-refractivity contribution in [1.82, 2.24) is 15.2 Å². The van der Waals surface area contributed by atoms with E-state index in [1.165, 1.54) is 5.38 Å². The average Bonchev–Trinajstić information content (AvgIpc) is 2.94. The van der Waals surface area contributed by atoms with E-state index in [-0.39, 0.29) is 16.6 Å². The lowest BCUT2D eigenvalue weighted by molar-refractivity contribution is 0.0691. The van der Waals surface area contributed by atoms with Gasteiger partial charge in [0.25, 0.3) is 5.91 Å². The van der Waals surface area contributed by atoms with Crippen LogP contribution in [0.3, 0.4) is 0 Å². The van der Waals surface area contributed by atoms with Crippen LogP contribution >= 0.6 is 11.3 Å². The molecule has 1 aliphatic heterocycles. The molecule has 98 valence electrons. The van der Waals surface area contributed by atoms with E-state index in [9.17, 15) is 9.59 Å². The Balaban J connectivity index is 1.89. The highest BCUT2D eigenvalue weighted by Gasteiger charge is 2.22.